The molecule has 0 aliphatic rings. The summed E-state index contributed by atoms with van der Waals surface area (Å²) < 4.78 is 6.48. The number of fused-ring (bicyclic) bond motifs is 3. The fourth-order valence-electron chi connectivity index (χ4n) is 7.69. The summed E-state index contributed by atoms with van der Waals surface area (Å²) in [7, 11) is 0. The zero-order valence-electron chi connectivity index (χ0n) is 30.1. The third-order valence-corrected chi connectivity index (χ3v) is 10.5. The molecular formula is C53H35NO. The van der Waals surface area contributed by atoms with Crippen molar-refractivity contribution < 1.29 is 4.42 Å². The number of nitrogens with zero attached hydrogens (tertiary/aromatic N) is 1. The van der Waals surface area contributed by atoms with Crippen LogP contribution in [0, 0.1) is 0 Å². The molecule has 0 amide bonds. The lowest BCUT2D eigenvalue weighted by molar-refractivity contribution is 0.669. The standard InChI is InChI=1S/C53H35NO/c1-5-14-36(15-6-1)43-30-44(37-16-7-2-8-17-37)32-45(31-43)40-26-24-39(25-27-40)42-28-29-51-48(33-42)53-47(22-13-23-52(53)55-51)50-35-46(38-18-9-3-10-19-38)34-49(54-50)41-20-11-4-12-21-41/h1-35H. The Balaban J connectivity index is 1.06. The first-order valence-electron chi connectivity index (χ1n) is 18.7. The van der Waals surface area contributed by atoms with Crippen molar-refractivity contribution in [2.75, 3.05) is 0 Å². The highest BCUT2D eigenvalue weighted by Gasteiger charge is 2.17. The van der Waals surface area contributed by atoms with Gasteiger partial charge in [-0.15, -0.1) is 0 Å². The second kappa shape index (κ2) is 13.9. The number of hydrogen-bond donors (Lipinski definition) is 0. The van der Waals surface area contributed by atoms with Crippen LogP contribution in [-0.4, -0.2) is 4.98 Å². The molecule has 2 aromatic heterocycles. The van der Waals surface area contributed by atoms with E-state index in [-0.39, 0.29) is 0 Å². The lowest BCUT2D eigenvalue weighted by atomic mass is 9.92. The molecule has 0 fully saturated rings. The van der Waals surface area contributed by atoms with Crippen molar-refractivity contribution in [1.29, 1.82) is 0 Å². The summed E-state index contributed by atoms with van der Waals surface area (Å²) in [4.78, 5) is 5.26. The molecular weight excluding hydrogens is 667 g/mol. The molecule has 0 aliphatic heterocycles. The summed E-state index contributed by atoms with van der Waals surface area (Å²) in [6, 6.07) is 75.2. The van der Waals surface area contributed by atoms with Crippen LogP contribution < -0.4 is 0 Å². The monoisotopic (exact) mass is 701 g/mol. The number of hydrogen-bond acceptors (Lipinski definition) is 2. The summed E-state index contributed by atoms with van der Waals surface area (Å²) in [6.07, 6.45) is 0. The van der Waals surface area contributed by atoms with Gasteiger partial charge in [0, 0.05) is 21.9 Å². The topological polar surface area (TPSA) is 26.0 Å². The zero-order chi connectivity index (χ0) is 36.6. The lowest BCUT2D eigenvalue weighted by Gasteiger charge is -2.12. The highest BCUT2D eigenvalue weighted by Crippen LogP contribution is 2.40. The molecule has 0 atom stereocenters. The maximum absolute atomic E-state index is 6.48. The Bertz CT molecular complexity index is 2820. The Hall–Kier alpha value is -7.29. The van der Waals surface area contributed by atoms with Gasteiger partial charge in [-0.3, -0.25) is 0 Å². The van der Waals surface area contributed by atoms with Crippen molar-refractivity contribution in [3.05, 3.63) is 212 Å². The van der Waals surface area contributed by atoms with Crippen LogP contribution in [-0.2, 0) is 0 Å². The normalized spacial score (nSPS) is 11.3. The molecule has 10 rings (SSSR count). The van der Waals surface area contributed by atoms with Crippen molar-refractivity contribution in [3.63, 3.8) is 0 Å². The van der Waals surface area contributed by atoms with Gasteiger partial charge in [-0.2, -0.15) is 0 Å². The van der Waals surface area contributed by atoms with Gasteiger partial charge in [-0.25, -0.2) is 4.98 Å². The first kappa shape index (κ1) is 32.4. The van der Waals surface area contributed by atoms with E-state index >= 15 is 0 Å². The molecule has 10 aromatic rings. The van der Waals surface area contributed by atoms with E-state index < -0.39 is 0 Å². The summed E-state index contributed by atoms with van der Waals surface area (Å²) >= 11 is 0. The molecule has 0 radical (unpaired) electrons. The molecule has 8 aromatic carbocycles. The Morgan fingerprint density at radius 1 is 0.273 bits per heavy atom. The van der Waals surface area contributed by atoms with Gasteiger partial charge in [0.1, 0.15) is 11.2 Å². The Kier molecular flexibility index (Phi) is 8.20. The van der Waals surface area contributed by atoms with E-state index in [2.05, 4.69) is 206 Å². The maximum atomic E-state index is 6.48. The van der Waals surface area contributed by atoms with Crippen LogP contribution in [0.3, 0.4) is 0 Å². The Labute approximate surface area is 320 Å². The minimum Gasteiger partial charge on any atom is -0.456 e. The van der Waals surface area contributed by atoms with Crippen LogP contribution >= 0.6 is 0 Å². The second-order valence-corrected chi connectivity index (χ2v) is 14.0. The van der Waals surface area contributed by atoms with Gasteiger partial charge >= 0.3 is 0 Å². The predicted octanol–water partition coefficient (Wildman–Crippen LogP) is 14.6. The van der Waals surface area contributed by atoms with E-state index in [1.807, 2.05) is 6.07 Å². The number of aromatic nitrogens is 1. The summed E-state index contributed by atoms with van der Waals surface area (Å²) in [5, 5.41) is 2.14. The molecule has 55 heavy (non-hydrogen) atoms. The van der Waals surface area contributed by atoms with Crippen LogP contribution in [0.2, 0.25) is 0 Å². The van der Waals surface area contributed by atoms with Gasteiger partial charge < -0.3 is 4.42 Å². The quantitative estimate of drug-likeness (QED) is 0.165. The van der Waals surface area contributed by atoms with E-state index in [9.17, 15) is 0 Å². The van der Waals surface area contributed by atoms with Crippen LogP contribution in [0.25, 0.3) is 100 Å². The molecule has 0 unspecified atom stereocenters. The number of benzene rings is 8. The van der Waals surface area contributed by atoms with Crippen molar-refractivity contribution in [2.24, 2.45) is 0 Å². The van der Waals surface area contributed by atoms with E-state index in [0.29, 0.717) is 0 Å². The third-order valence-electron chi connectivity index (χ3n) is 10.5. The molecule has 0 saturated heterocycles. The van der Waals surface area contributed by atoms with Gasteiger partial charge in [0.05, 0.1) is 11.4 Å². The molecule has 0 saturated carbocycles. The average molecular weight is 702 g/mol. The van der Waals surface area contributed by atoms with Crippen LogP contribution in [0.5, 0.6) is 0 Å². The van der Waals surface area contributed by atoms with Gasteiger partial charge in [0.25, 0.3) is 0 Å². The van der Waals surface area contributed by atoms with Crippen LogP contribution in [0.1, 0.15) is 0 Å². The van der Waals surface area contributed by atoms with E-state index in [0.717, 1.165) is 66.7 Å². The van der Waals surface area contributed by atoms with Gasteiger partial charge in [-0.1, -0.05) is 164 Å². The summed E-state index contributed by atoms with van der Waals surface area (Å²) in [5.41, 5.74) is 17.4. The molecule has 2 heterocycles. The van der Waals surface area contributed by atoms with E-state index in [4.69, 9.17) is 9.40 Å². The third kappa shape index (κ3) is 6.30. The number of pyridine rings is 1. The van der Waals surface area contributed by atoms with Crippen molar-refractivity contribution in [2.45, 2.75) is 0 Å². The zero-order valence-corrected chi connectivity index (χ0v) is 30.1. The van der Waals surface area contributed by atoms with Crippen molar-refractivity contribution in [3.8, 4) is 78.1 Å². The fourth-order valence-corrected chi connectivity index (χ4v) is 7.69. The summed E-state index contributed by atoms with van der Waals surface area (Å²) in [5.74, 6) is 0. The minimum atomic E-state index is 0.848. The fraction of sp³-hybridized carbons (Fsp3) is 0. The molecule has 0 aliphatic carbocycles. The highest BCUT2D eigenvalue weighted by atomic mass is 16.3. The molecule has 0 spiro atoms. The van der Waals surface area contributed by atoms with Gasteiger partial charge in [-0.05, 0) is 104 Å². The molecule has 2 heteroatoms. The maximum Gasteiger partial charge on any atom is 0.136 e. The first-order valence-corrected chi connectivity index (χ1v) is 18.7. The minimum absolute atomic E-state index is 0.848. The highest BCUT2D eigenvalue weighted by molar-refractivity contribution is 6.13. The van der Waals surface area contributed by atoms with Gasteiger partial charge in [0.2, 0.25) is 0 Å². The molecule has 0 N–H and O–H groups in total. The largest absolute Gasteiger partial charge is 0.456 e. The lowest BCUT2D eigenvalue weighted by Crippen LogP contribution is -1.91. The Morgan fingerprint density at radius 2 is 0.709 bits per heavy atom. The van der Waals surface area contributed by atoms with Crippen molar-refractivity contribution >= 4 is 21.9 Å². The van der Waals surface area contributed by atoms with Gasteiger partial charge in [0.15, 0.2) is 0 Å². The van der Waals surface area contributed by atoms with E-state index in [1.54, 1.807) is 0 Å². The summed E-state index contributed by atoms with van der Waals surface area (Å²) in [6.45, 7) is 0. The molecule has 2 nitrogen and oxygen atoms in total. The first-order chi connectivity index (χ1) is 27.2. The number of rotatable bonds is 7. The van der Waals surface area contributed by atoms with Crippen molar-refractivity contribution in [1.82, 2.24) is 4.98 Å². The smallest absolute Gasteiger partial charge is 0.136 e. The number of furan rings is 1. The van der Waals surface area contributed by atoms with Crippen LogP contribution in [0.4, 0.5) is 0 Å². The van der Waals surface area contributed by atoms with Crippen LogP contribution in [0.15, 0.2) is 217 Å². The Morgan fingerprint density at radius 3 is 1.25 bits per heavy atom. The van der Waals surface area contributed by atoms with E-state index in [1.165, 1.54) is 33.4 Å². The molecule has 258 valence electrons. The second-order valence-electron chi connectivity index (χ2n) is 14.0. The average Bonchev–Trinajstić information content (AvgIpc) is 3.66. The SMILES string of the molecule is c1ccc(-c2cc(-c3ccccc3)cc(-c3ccc(-c4ccc5oc6cccc(-c7cc(-c8ccccc8)cc(-c8ccccc8)n7)c6c5c4)cc3)c2)cc1. The molecule has 0 bridgehead atoms. The predicted molar refractivity (Wildman–Crippen MR) is 230 cm³/mol.